The Balaban J connectivity index is 1.58. The number of rotatable bonds is 7. The Morgan fingerprint density at radius 1 is 0.939 bits per heavy atom. The highest BCUT2D eigenvalue weighted by Gasteiger charge is 2.31. The second-order valence-corrected chi connectivity index (χ2v) is 6.93. The fourth-order valence-corrected chi connectivity index (χ4v) is 3.10. The summed E-state index contributed by atoms with van der Waals surface area (Å²) in [5.41, 5.74) is 8.87. The largest absolute Gasteiger partial charge is 0.573 e. The molecule has 0 amide bonds. The molecule has 0 unspecified atom stereocenters. The molecule has 0 atom stereocenters. The normalized spacial score (nSPS) is 11.5. The van der Waals surface area contributed by atoms with Crippen molar-refractivity contribution in [1.29, 1.82) is 0 Å². The molecular formula is C21H18F3N7O2. The molecule has 0 aliphatic heterocycles. The van der Waals surface area contributed by atoms with Crippen LogP contribution >= 0.6 is 0 Å². The molecule has 3 aromatic heterocycles. The van der Waals surface area contributed by atoms with Gasteiger partial charge in [0.05, 0.1) is 42.1 Å². The van der Waals surface area contributed by atoms with Crippen molar-refractivity contribution in [3.05, 3.63) is 66.1 Å². The lowest BCUT2D eigenvalue weighted by atomic mass is 10.1. The van der Waals surface area contributed by atoms with Crippen LogP contribution < -0.4 is 10.5 Å². The highest BCUT2D eigenvalue weighted by molar-refractivity contribution is 5.68. The van der Waals surface area contributed by atoms with Gasteiger partial charge < -0.3 is 15.2 Å². The van der Waals surface area contributed by atoms with E-state index in [0.29, 0.717) is 35.8 Å². The van der Waals surface area contributed by atoms with E-state index >= 15 is 0 Å². The van der Waals surface area contributed by atoms with Gasteiger partial charge in [0.2, 0.25) is 5.95 Å². The predicted octanol–water partition coefficient (Wildman–Crippen LogP) is 3.47. The Morgan fingerprint density at radius 3 is 2.48 bits per heavy atom. The summed E-state index contributed by atoms with van der Waals surface area (Å²) in [7, 11) is 1.60. The molecule has 0 saturated heterocycles. The number of methoxy groups -OCH3 is 1. The van der Waals surface area contributed by atoms with E-state index in [4.69, 9.17) is 10.5 Å². The summed E-state index contributed by atoms with van der Waals surface area (Å²) in [6.07, 6.45) is -3.13. The van der Waals surface area contributed by atoms with Gasteiger partial charge >= 0.3 is 6.36 Å². The first kappa shape index (κ1) is 22.1. The average Bonchev–Trinajstić information content (AvgIpc) is 3.21. The number of alkyl halides is 3. The molecule has 2 N–H and O–H groups in total. The van der Waals surface area contributed by atoms with Crippen LogP contribution in [0.15, 0.2) is 54.7 Å². The van der Waals surface area contributed by atoms with Crippen LogP contribution in [0.5, 0.6) is 5.75 Å². The van der Waals surface area contributed by atoms with Crippen LogP contribution in [0, 0.1) is 0 Å². The molecule has 4 aromatic rings. The molecule has 0 fully saturated rings. The van der Waals surface area contributed by atoms with Crippen LogP contribution in [0.25, 0.3) is 22.6 Å². The van der Waals surface area contributed by atoms with Gasteiger partial charge in [-0.2, -0.15) is 0 Å². The maximum atomic E-state index is 12.5. The van der Waals surface area contributed by atoms with E-state index in [0.717, 1.165) is 11.4 Å². The third-order valence-electron chi connectivity index (χ3n) is 4.39. The fraction of sp³-hybridized carbons (Fsp3) is 0.190. The number of pyridine rings is 1. The summed E-state index contributed by atoms with van der Waals surface area (Å²) in [6.45, 7) is 0.767. The molecule has 3 heterocycles. The maximum absolute atomic E-state index is 12.5. The average molecular weight is 457 g/mol. The third kappa shape index (κ3) is 5.80. The van der Waals surface area contributed by atoms with E-state index in [1.165, 1.54) is 18.2 Å². The second kappa shape index (κ2) is 9.20. The minimum atomic E-state index is -4.80. The number of halogens is 3. The van der Waals surface area contributed by atoms with Crippen molar-refractivity contribution >= 4 is 5.95 Å². The van der Waals surface area contributed by atoms with E-state index in [-0.39, 0.29) is 11.7 Å². The van der Waals surface area contributed by atoms with Gasteiger partial charge in [-0.1, -0.05) is 23.4 Å². The van der Waals surface area contributed by atoms with Crippen molar-refractivity contribution in [3.8, 4) is 28.4 Å². The summed E-state index contributed by atoms with van der Waals surface area (Å²) < 4.78 is 48.3. The summed E-state index contributed by atoms with van der Waals surface area (Å²) in [6, 6.07) is 12.6. The number of aromatic nitrogens is 6. The van der Waals surface area contributed by atoms with Crippen molar-refractivity contribution in [2.24, 2.45) is 0 Å². The monoisotopic (exact) mass is 457 g/mol. The summed E-state index contributed by atoms with van der Waals surface area (Å²) in [4.78, 5) is 12.8. The van der Waals surface area contributed by atoms with E-state index < -0.39 is 6.36 Å². The van der Waals surface area contributed by atoms with Gasteiger partial charge in [0.25, 0.3) is 0 Å². The number of benzene rings is 1. The number of nitrogens with zero attached hydrogens (tertiary/aromatic N) is 6. The Labute approximate surface area is 186 Å². The topological polar surface area (TPSA) is 114 Å². The van der Waals surface area contributed by atoms with Gasteiger partial charge in [0, 0.05) is 12.7 Å². The van der Waals surface area contributed by atoms with E-state index in [1.54, 1.807) is 30.1 Å². The maximum Gasteiger partial charge on any atom is 0.573 e. The molecule has 170 valence electrons. The zero-order chi connectivity index (χ0) is 23.4. The van der Waals surface area contributed by atoms with E-state index in [2.05, 4.69) is 30.0 Å². The smallest absolute Gasteiger partial charge is 0.406 e. The Kier molecular flexibility index (Phi) is 6.18. The van der Waals surface area contributed by atoms with E-state index in [1.807, 2.05) is 18.2 Å². The van der Waals surface area contributed by atoms with Crippen LogP contribution in [0.3, 0.4) is 0 Å². The van der Waals surface area contributed by atoms with Gasteiger partial charge in [0.1, 0.15) is 11.4 Å². The molecule has 12 heteroatoms. The molecule has 1 aromatic carbocycles. The lowest BCUT2D eigenvalue weighted by Crippen LogP contribution is -2.17. The van der Waals surface area contributed by atoms with Crippen molar-refractivity contribution in [1.82, 2.24) is 29.9 Å². The second-order valence-electron chi connectivity index (χ2n) is 6.93. The Hall–Kier alpha value is -4.06. The Morgan fingerprint density at radius 2 is 1.70 bits per heavy atom. The van der Waals surface area contributed by atoms with Crippen LogP contribution in [-0.4, -0.2) is 43.4 Å². The number of hydrogen-bond acceptors (Lipinski definition) is 8. The Bertz CT molecular complexity index is 1260. The number of nitrogen functional groups attached to an aromatic ring is 1. The van der Waals surface area contributed by atoms with Gasteiger partial charge in [-0.25, -0.2) is 14.6 Å². The quantitative estimate of drug-likeness (QED) is 0.449. The molecule has 0 aliphatic carbocycles. The van der Waals surface area contributed by atoms with Crippen LogP contribution in [0.1, 0.15) is 11.4 Å². The van der Waals surface area contributed by atoms with Crippen molar-refractivity contribution in [2.75, 3.05) is 12.8 Å². The van der Waals surface area contributed by atoms with Gasteiger partial charge in [-0.05, 0) is 30.3 Å². The van der Waals surface area contributed by atoms with Crippen LogP contribution in [0.4, 0.5) is 19.1 Å². The van der Waals surface area contributed by atoms with Crippen molar-refractivity contribution < 1.29 is 22.6 Å². The molecule has 0 bridgehead atoms. The molecule has 0 radical (unpaired) electrons. The third-order valence-corrected chi connectivity index (χ3v) is 4.39. The van der Waals surface area contributed by atoms with Crippen molar-refractivity contribution in [2.45, 2.75) is 19.5 Å². The number of hydrogen-bond donors (Lipinski definition) is 1. The highest BCUT2D eigenvalue weighted by Crippen LogP contribution is 2.29. The first-order chi connectivity index (χ1) is 15.8. The summed E-state index contributed by atoms with van der Waals surface area (Å²) in [5, 5.41) is 8.22. The molecule has 0 spiro atoms. The summed E-state index contributed by atoms with van der Waals surface area (Å²) in [5.74, 6) is -0.430. The number of ether oxygens (including phenoxy) is 2. The molecule has 9 nitrogen and oxygen atoms in total. The summed E-state index contributed by atoms with van der Waals surface area (Å²) >= 11 is 0. The minimum Gasteiger partial charge on any atom is -0.406 e. The fourth-order valence-electron chi connectivity index (χ4n) is 3.10. The van der Waals surface area contributed by atoms with Gasteiger partial charge in [-0.15, -0.1) is 18.3 Å². The molecule has 33 heavy (non-hydrogen) atoms. The first-order valence-corrected chi connectivity index (χ1v) is 9.64. The van der Waals surface area contributed by atoms with Gasteiger partial charge in [0.15, 0.2) is 0 Å². The van der Waals surface area contributed by atoms with Gasteiger partial charge in [-0.3, -0.25) is 4.98 Å². The van der Waals surface area contributed by atoms with Crippen LogP contribution in [-0.2, 0) is 17.9 Å². The molecule has 4 rings (SSSR count). The minimum absolute atomic E-state index is 0.0619. The predicted molar refractivity (Wildman–Crippen MR) is 112 cm³/mol. The molecular weight excluding hydrogens is 439 g/mol. The number of nitrogens with two attached hydrogens (primary N) is 1. The van der Waals surface area contributed by atoms with Crippen LogP contribution in [0.2, 0.25) is 0 Å². The SMILES string of the molecule is COCc1cccc(Cn2cc(-c3cc(-c4cccc(OC(F)(F)F)c4)nc(N)n3)nn2)n1. The lowest BCUT2D eigenvalue weighted by Gasteiger charge is -2.10. The number of anilines is 1. The first-order valence-electron chi connectivity index (χ1n) is 9.64. The molecule has 0 aliphatic rings. The highest BCUT2D eigenvalue weighted by atomic mass is 19.4. The molecule has 0 saturated carbocycles. The lowest BCUT2D eigenvalue weighted by molar-refractivity contribution is -0.274. The zero-order valence-electron chi connectivity index (χ0n) is 17.3. The standard InChI is InChI=1S/C21H18F3N7O2/c1-32-12-15-6-3-5-14(26-15)10-31-11-19(29-30-31)18-9-17(27-20(25)28-18)13-4-2-7-16(8-13)33-21(22,23)24/h2-9,11H,10,12H2,1H3,(H2,25,27,28). The van der Waals surface area contributed by atoms with E-state index in [9.17, 15) is 13.2 Å². The zero-order valence-corrected chi connectivity index (χ0v) is 17.3. The van der Waals surface area contributed by atoms with Crippen molar-refractivity contribution in [3.63, 3.8) is 0 Å².